The molecule has 0 aromatic heterocycles. The second kappa shape index (κ2) is 11.6. The summed E-state index contributed by atoms with van der Waals surface area (Å²) in [5, 5.41) is 8.72. The monoisotopic (exact) mass is 384 g/mol. The summed E-state index contributed by atoms with van der Waals surface area (Å²) in [6.07, 6.45) is 4.70. The minimum Gasteiger partial charge on any atom is -0.494 e. The van der Waals surface area contributed by atoms with Crippen LogP contribution in [0.2, 0.25) is 0 Å². The number of hydrogen-bond donors (Lipinski definition) is 1. The molecule has 2 rings (SSSR count). The first kappa shape index (κ1) is 21.2. The van der Waals surface area contributed by atoms with Gasteiger partial charge in [-0.1, -0.05) is 36.9 Å². The maximum atomic E-state index is 11.8. The Balaban J connectivity index is 1.86. The van der Waals surface area contributed by atoms with Crippen LogP contribution in [-0.2, 0) is 14.4 Å². The van der Waals surface area contributed by atoms with Crippen molar-refractivity contribution < 1.29 is 29.2 Å². The molecule has 0 spiro atoms. The molecule has 6 heteroatoms. The van der Waals surface area contributed by atoms with Gasteiger partial charge in [0.15, 0.2) is 0 Å². The molecule has 0 fully saturated rings. The van der Waals surface area contributed by atoms with Gasteiger partial charge in [0, 0.05) is 6.08 Å². The highest BCUT2D eigenvalue weighted by atomic mass is 17.1. The van der Waals surface area contributed by atoms with Gasteiger partial charge < -0.3 is 9.47 Å². The molecular formula is C22H24O6. The Morgan fingerprint density at radius 3 is 2.36 bits per heavy atom. The van der Waals surface area contributed by atoms with Crippen LogP contribution in [0.1, 0.15) is 36.0 Å². The maximum Gasteiger partial charge on any atom is 0.373 e. The Hall–Kier alpha value is -3.12. The van der Waals surface area contributed by atoms with E-state index in [4.69, 9.17) is 14.7 Å². The standard InChI is InChI=1S/C22H24O6/c1-2-21(23)27-15-9-4-3-8-14-26-18-12-13-19(22(24)28-25)20(16-18)17-10-6-5-7-11-17/h2,5-7,10-13,16,25H,1,3-4,8-9,14-15H2. The molecule has 0 amide bonds. The summed E-state index contributed by atoms with van der Waals surface area (Å²) in [5.41, 5.74) is 1.71. The predicted octanol–water partition coefficient (Wildman–Crippen LogP) is 4.65. The third kappa shape index (κ3) is 6.55. The van der Waals surface area contributed by atoms with Gasteiger partial charge in [-0.25, -0.2) is 9.59 Å². The van der Waals surface area contributed by atoms with Gasteiger partial charge in [-0.05, 0) is 55.0 Å². The van der Waals surface area contributed by atoms with E-state index in [2.05, 4.69) is 11.5 Å². The van der Waals surface area contributed by atoms with Crippen molar-refractivity contribution >= 4 is 11.9 Å². The van der Waals surface area contributed by atoms with Gasteiger partial charge in [-0.15, -0.1) is 0 Å². The van der Waals surface area contributed by atoms with E-state index in [9.17, 15) is 9.59 Å². The van der Waals surface area contributed by atoms with Gasteiger partial charge in [0.25, 0.3) is 0 Å². The molecule has 0 aliphatic heterocycles. The molecule has 2 aromatic rings. The molecule has 0 atom stereocenters. The van der Waals surface area contributed by atoms with Crippen LogP contribution >= 0.6 is 0 Å². The fourth-order valence-electron chi connectivity index (χ4n) is 2.68. The van der Waals surface area contributed by atoms with Gasteiger partial charge in [-0.2, -0.15) is 5.26 Å². The minimum atomic E-state index is -0.817. The number of rotatable bonds is 11. The zero-order chi connectivity index (χ0) is 20.2. The summed E-state index contributed by atoms with van der Waals surface area (Å²) in [5.74, 6) is -0.582. The highest BCUT2D eigenvalue weighted by Crippen LogP contribution is 2.28. The number of unbranched alkanes of at least 4 members (excludes halogenated alkanes) is 3. The average molecular weight is 384 g/mol. The second-order valence-corrected chi connectivity index (χ2v) is 6.09. The summed E-state index contributed by atoms with van der Waals surface area (Å²) < 4.78 is 10.7. The number of hydrogen-bond acceptors (Lipinski definition) is 6. The molecule has 0 aliphatic rings. The Morgan fingerprint density at radius 2 is 1.68 bits per heavy atom. The molecule has 0 radical (unpaired) electrons. The molecule has 148 valence electrons. The fraction of sp³-hybridized carbons (Fsp3) is 0.273. The van der Waals surface area contributed by atoms with Gasteiger partial charge >= 0.3 is 11.9 Å². The first-order valence-electron chi connectivity index (χ1n) is 9.13. The molecule has 28 heavy (non-hydrogen) atoms. The molecule has 0 unspecified atom stereocenters. The van der Waals surface area contributed by atoms with Gasteiger partial charge in [-0.3, -0.25) is 4.89 Å². The van der Waals surface area contributed by atoms with E-state index in [0.29, 0.717) is 24.5 Å². The Labute approximate surface area is 164 Å². The van der Waals surface area contributed by atoms with Crippen molar-refractivity contribution in [3.05, 3.63) is 66.7 Å². The molecule has 1 N–H and O–H groups in total. The normalized spacial score (nSPS) is 10.2. The van der Waals surface area contributed by atoms with Crippen LogP contribution < -0.4 is 4.74 Å². The molecule has 0 heterocycles. The lowest BCUT2D eigenvalue weighted by molar-refractivity contribution is -0.182. The summed E-state index contributed by atoms with van der Waals surface area (Å²) in [7, 11) is 0. The first-order valence-corrected chi connectivity index (χ1v) is 9.13. The van der Waals surface area contributed by atoms with Crippen LogP contribution in [0, 0.1) is 0 Å². The zero-order valence-corrected chi connectivity index (χ0v) is 15.6. The SMILES string of the molecule is C=CC(=O)OCCCCCCOc1ccc(C(=O)OO)c(-c2ccccc2)c1. The molecule has 2 aromatic carbocycles. The Kier molecular flexibility index (Phi) is 8.75. The summed E-state index contributed by atoms with van der Waals surface area (Å²) >= 11 is 0. The van der Waals surface area contributed by atoms with Crippen LogP contribution in [0.5, 0.6) is 5.75 Å². The Bertz CT molecular complexity index is 785. The quantitative estimate of drug-likeness (QED) is 0.200. The van der Waals surface area contributed by atoms with Crippen molar-refractivity contribution in [3.63, 3.8) is 0 Å². The third-order valence-electron chi connectivity index (χ3n) is 4.10. The lowest BCUT2D eigenvalue weighted by Gasteiger charge is -2.11. The molecule has 0 aliphatic carbocycles. The minimum absolute atomic E-state index is 0.259. The smallest absolute Gasteiger partial charge is 0.373 e. The fourth-order valence-corrected chi connectivity index (χ4v) is 2.68. The molecule has 6 nitrogen and oxygen atoms in total. The molecule has 0 saturated heterocycles. The lowest BCUT2D eigenvalue weighted by atomic mass is 9.99. The van der Waals surface area contributed by atoms with Crippen LogP contribution in [0.3, 0.4) is 0 Å². The lowest BCUT2D eigenvalue weighted by Crippen LogP contribution is -2.05. The van der Waals surface area contributed by atoms with Gasteiger partial charge in [0.2, 0.25) is 0 Å². The highest BCUT2D eigenvalue weighted by molar-refractivity contribution is 5.97. The summed E-state index contributed by atoms with van der Waals surface area (Å²) in [6.45, 7) is 4.27. The Morgan fingerprint density at radius 1 is 0.964 bits per heavy atom. The second-order valence-electron chi connectivity index (χ2n) is 6.09. The van der Waals surface area contributed by atoms with Crippen molar-refractivity contribution in [3.8, 4) is 16.9 Å². The highest BCUT2D eigenvalue weighted by Gasteiger charge is 2.15. The van der Waals surface area contributed by atoms with E-state index in [0.717, 1.165) is 37.3 Å². The van der Waals surface area contributed by atoms with Crippen molar-refractivity contribution in [2.24, 2.45) is 0 Å². The van der Waals surface area contributed by atoms with Crippen molar-refractivity contribution in [2.45, 2.75) is 25.7 Å². The predicted molar refractivity (Wildman–Crippen MR) is 105 cm³/mol. The zero-order valence-electron chi connectivity index (χ0n) is 15.6. The summed E-state index contributed by atoms with van der Waals surface area (Å²) in [6, 6.07) is 14.4. The van der Waals surface area contributed by atoms with Crippen molar-refractivity contribution in [2.75, 3.05) is 13.2 Å². The number of esters is 1. The van der Waals surface area contributed by atoms with Crippen LogP contribution in [-0.4, -0.2) is 30.4 Å². The number of carbonyl (C=O) groups excluding carboxylic acids is 2. The summed E-state index contributed by atoms with van der Waals surface area (Å²) in [4.78, 5) is 26.6. The number of benzene rings is 2. The number of carbonyl (C=O) groups is 2. The third-order valence-corrected chi connectivity index (χ3v) is 4.10. The molecular weight excluding hydrogens is 360 g/mol. The van der Waals surface area contributed by atoms with E-state index in [-0.39, 0.29) is 5.56 Å². The van der Waals surface area contributed by atoms with Gasteiger partial charge in [0.05, 0.1) is 18.8 Å². The van der Waals surface area contributed by atoms with Crippen LogP contribution in [0.15, 0.2) is 61.2 Å². The maximum absolute atomic E-state index is 11.8. The first-order chi connectivity index (χ1) is 13.7. The van der Waals surface area contributed by atoms with E-state index < -0.39 is 11.9 Å². The van der Waals surface area contributed by atoms with Gasteiger partial charge in [0.1, 0.15) is 5.75 Å². The van der Waals surface area contributed by atoms with Crippen molar-refractivity contribution in [1.82, 2.24) is 0 Å². The van der Waals surface area contributed by atoms with E-state index in [1.807, 2.05) is 30.3 Å². The number of ether oxygens (including phenoxy) is 2. The molecule has 0 saturated carbocycles. The molecule has 0 bridgehead atoms. The van der Waals surface area contributed by atoms with E-state index >= 15 is 0 Å². The van der Waals surface area contributed by atoms with Crippen molar-refractivity contribution in [1.29, 1.82) is 0 Å². The van der Waals surface area contributed by atoms with Crippen LogP contribution in [0.25, 0.3) is 11.1 Å². The average Bonchev–Trinajstić information content (AvgIpc) is 2.75. The van der Waals surface area contributed by atoms with E-state index in [1.54, 1.807) is 18.2 Å². The largest absolute Gasteiger partial charge is 0.494 e. The topological polar surface area (TPSA) is 82.1 Å². The van der Waals surface area contributed by atoms with Crippen LogP contribution in [0.4, 0.5) is 0 Å². The van der Waals surface area contributed by atoms with E-state index in [1.165, 1.54) is 0 Å².